The Kier molecular flexibility index (Phi) is 7.58. The number of nitrogens with zero attached hydrogens (tertiary/aromatic N) is 8. The number of hydrogen-bond donors (Lipinski definition) is 3. The van der Waals surface area contributed by atoms with Crippen LogP contribution in [0.2, 0.25) is 0 Å². The number of nitrogens with two attached hydrogens (primary N) is 1. The molecule has 4 N–H and O–H groups in total. The smallest absolute Gasteiger partial charge is 0.329 e. The first kappa shape index (κ1) is 31.4. The SMILES string of the molecule is C[C@H]1CNCCN1c1nc(-c2noc3c2CCC[C@@]32CCCc3sc(N)c(C#N)c32)cc(N2CC3CCC(C2)C3NC(=O)n2ccnc2F)n1. The van der Waals surface area contributed by atoms with E-state index in [0.717, 1.165) is 110 Å². The lowest BCUT2D eigenvalue weighted by atomic mass is 9.63. The van der Waals surface area contributed by atoms with Crippen molar-refractivity contribution in [3.63, 3.8) is 0 Å². The predicted octanol–water partition coefficient (Wildman–Crippen LogP) is 4.21. The fourth-order valence-corrected chi connectivity index (χ4v) is 10.7. The van der Waals surface area contributed by atoms with Gasteiger partial charge in [-0.25, -0.2) is 19.3 Å². The van der Waals surface area contributed by atoms with Crippen LogP contribution in [-0.2, 0) is 18.3 Å². The van der Waals surface area contributed by atoms with Gasteiger partial charge in [0, 0.05) is 73.7 Å². The van der Waals surface area contributed by atoms with Crippen LogP contribution < -0.4 is 26.2 Å². The minimum Gasteiger partial charge on any atom is -0.389 e. The zero-order chi connectivity index (χ0) is 34.1. The van der Waals surface area contributed by atoms with Gasteiger partial charge in [-0.15, -0.1) is 11.3 Å². The number of imidazole rings is 1. The first-order valence-electron chi connectivity index (χ1n) is 17.8. The number of anilines is 3. The van der Waals surface area contributed by atoms with Gasteiger partial charge in [0.2, 0.25) is 5.95 Å². The monoisotopic (exact) mass is 697 g/mol. The maximum absolute atomic E-state index is 14.1. The summed E-state index contributed by atoms with van der Waals surface area (Å²) in [7, 11) is 0. The molecule has 3 fully saturated rings. The fourth-order valence-electron chi connectivity index (χ4n) is 9.51. The molecule has 3 aliphatic carbocycles. The average Bonchev–Trinajstić information content (AvgIpc) is 3.88. The number of halogens is 1. The Hall–Kier alpha value is -4.55. The van der Waals surface area contributed by atoms with E-state index < -0.39 is 17.5 Å². The van der Waals surface area contributed by atoms with Crippen LogP contribution in [0.25, 0.3) is 11.4 Å². The highest BCUT2D eigenvalue weighted by Gasteiger charge is 2.49. The molecule has 0 aromatic carbocycles. The first-order chi connectivity index (χ1) is 24.3. The number of nitrogen functional groups attached to an aromatic ring is 1. The van der Waals surface area contributed by atoms with E-state index in [2.05, 4.69) is 38.4 Å². The highest BCUT2D eigenvalue weighted by atomic mass is 32.1. The van der Waals surface area contributed by atoms with Crippen molar-refractivity contribution in [1.82, 2.24) is 35.3 Å². The third-order valence-electron chi connectivity index (χ3n) is 11.8. The predicted molar refractivity (Wildman–Crippen MR) is 186 cm³/mol. The molecule has 2 bridgehead atoms. The van der Waals surface area contributed by atoms with Crippen LogP contribution in [0.3, 0.4) is 0 Å². The van der Waals surface area contributed by atoms with Gasteiger partial charge in [0.15, 0.2) is 5.76 Å². The van der Waals surface area contributed by atoms with Crippen LogP contribution in [-0.4, -0.2) is 75.5 Å². The lowest BCUT2D eigenvalue weighted by Gasteiger charge is -2.40. The van der Waals surface area contributed by atoms with Crippen molar-refractivity contribution in [2.45, 2.75) is 75.8 Å². The second-order valence-electron chi connectivity index (χ2n) is 14.6. The first-order valence-corrected chi connectivity index (χ1v) is 18.6. The normalized spacial score (nSPS) is 27.2. The van der Waals surface area contributed by atoms with Crippen molar-refractivity contribution in [2.75, 3.05) is 48.3 Å². The number of carbonyl (C=O) groups is 1. The van der Waals surface area contributed by atoms with Crippen molar-refractivity contribution in [3.05, 3.63) is 51.9 Å². The van der Waals surface area contributed by atoms with E-state index in [9.17, 15) is 14.4 Å². The number of aryl methyl sites for hydroxylation is 1. The molecular formula is C35H40FN11O2S. The molecule has 6 heterocycles. The number of thiophene rings is 1. The van der Waals surface area contributed by atoms with Gasteiger partial charge < -0.3 is 30.7 Å². The molecule has 13 nitrogen and oxygen atoms in total. The third-order valence-corrected chi connectivity index (χ3v) is 12.9. The van der Waals surface area contributed by atoms with Crippen LogP contribution in [0.15, 0.2) is 23.0 Å². The van der Waals surface area contributed by atoms with E-state index in [-0.39, 0.29) is 23.9 Å². The average molecular weight is 698 g/mol. The second kappa shape index (κ2) is 12.1. The Bertz CT molecular complexity index is 2000. The Morgan fingerprint density at radius 1 is 1.22 bits per heavy atom. The fraction of sp³-hybridized carbons (Fsp3) is 0.543. The molecule has 1 amide bonds. The van der Waals surface area contributed by atoms with Crippen LogP contribution >= 0.6 is 11.3 Å². The van der Waals surface area contributed by atoms with Crippen molar-refractivity contribution in [2.24, 2.45) is 11.8 Å². The van der Waals surface area contributed by atoms with Crippen molar-refractivity contribution >= 4 is 34.1 Å². The highest BCUT2D eigenvalue weighted by Crippen LogP contribution is 2.55. The van der Waals surface area contributed by atoms with E-state index in [1.54, 1.807) is 11.3 Å². The van der Waals surface area contributed by atoms with Gasteiger partial charge in [0.25, 0.3) is 6.08 Å². The van der Waals surface area contributed by atoms with Crippen molar-refractivity contribution < 1.29 is 13.7 Å². The molecule has 2 aliphatic heterocycles. The van der Waals surface area contributed by atoms with Gasteiger partial charge in [-0.05, 0) is 75.7 Å². The van der Waals surface area contributed by atoms with Gasteiger partial charge in [0.05, 0.1) is 11.0 Å². The Morgan fingerprint density at radius 3 is 2.76 bits per heavy atom. The van der Waals surface area contributed by atoms with Gasteiger partial charge >= 0.3 is 6.03 Å². The van der Waals surface area contributed by atoms with Crippen LogP contribution in [0, 0.1) is 29.2 Å². The van der Waals surface area contributed by atoms with Crippen LogP contribution in [0.1, 0.15) is 72.8 Å². The topological polar surface area (TPSA) is 167 Å². The number of carbonyl (C=O) groups excluding carboxylic acids is 1. The van der Waals surface area contributed by atoms with Crippen molar-refractivity contribution in [3.8, 4) is 17.5 Å². The molecule has 260 valence electrons. The van der Waals surface area contributed by atoms with E-state index >= 15 is 0 Å². The number of piperazine rings is 1. The molecule has 9 rings (SSSR count). The maximum Gasteiger partial charge on any atom is 0.329 e. The number of aromatic nitrogens is 5. The van der Waals surface area contributed by atoms with Crippen molar-refractivity contribution in [1.29, 1.82) is 5.26 Å². The lowest BCUT2D eigenvalue weighted by Crippen LogP contribution is -2.54. The van der Waals surface area contributed by atoms with Crippen LogP contribution in [0.5, 0.6) is 0 Å². The third kappa shape index (κ3) is 4.90. The summed E-state index contributed by atoms with van der Waals surface area (Å²) in [6.07, 6.45) is 9.25. The lowest BCUT2D eigenvalue weighted by molar-refractivity contribution is 0.221. The number of hydrogen-bond acceptors (Lipinski definition) is 12. The highest BCUT2D eigenvalue weighted by molar-refractivity contribution is 7.16. The van der Waals surface area contributed by atoms with E-state index in [0.29, 0.717) is 29.6 Å². The standard InChI is InChI=1S/C35H40FN11O2S/c1-19-16-39-10-12-46(19)33-41-24(14-26(42-33)45-17-20-6-7-21(18-45)28(20)43-34(48)47-13-11-40-32(47)36)29-22-4-2-8-35(30(22)49-44-29)9-3-5-25-27(35)23(15-37)31(38)50-25/h11,13-14,19-21,28,39H,2-10,12,16-18,38H2,1H3,(H,43,48)/t19-,20?,21?,28?,35-/m0/s1. The minimum atomic E-state index is -0.815. The summed E-state index contributed by atoms with van der Waals surface area (Å²) >= 11 is 1.54. The number of piperidine rings is 1. The van der Waals surface area contributed by atoms with E-state index in [1.165, 1.54) is 17.3 Å². The molecule has 1 saturated carbocycles. The molecule has 0 radical (unpaired) electrons. The summed E-state index contributed by atoms with van der Waals surface area (Å²) in [5, 5.41) is 22.1. The Balaban J connectivity index is 1.08. The molecule has 2 saturated heterocycles. The molecule has 4 aromatic rings. The summed E-state index contributed by atoms with van der Waals surface area (Å²) < 4.78 is 21.3. The van der Waals surface area contributed by atoms with Gasteiger partial charge in [-0.1, -0.05) is 5.16 Å². The molecule has 2 unspecified atom stereocenters. The molecule has 4 aromatic heterocycles. The van der Waals surface area contributed by atoms with E-state index in [1.807, 2.05) is 6.07 Å². The number of amides is 1. The Morgan fingerprint density at radius 2 is 2.02 bits per heavy atom. The minimum absolute atomic E-state index is 0.0573. The molecular weight excluding hydrogens is 658 g/mol. The number of fused-ring (bicyclic) bond motifs is 6. The zero-order valence-corrected chi connectivity index (χ0v) is 28.8. The van der Waals surface area contributed by atoms with Gasteiger partial charge in [-0.3, -0.25) is 0 Å². The summed E-state index contributed by atoms with van der Waals surface area (Å²) in [4.78, 5) is 32.6. The number of rotatable bonds is 4. The largest absolute Gasteiger partial charge is 0.389 e. The molecule has 15 heteroatoms. The van der Waals surface area contributed by atoms with Gasteiger partial charge in [-0.2, -0.15) is 14.6 Å². The summed E-state index contributed by atoms with van der Waals surface area (Å²) in [6.45, 7) is 6.06. The molecule has 50 heavy (non-hydrogen) atoms. The van der Waals surface area contributed by atoms with Crippen LogP contribution in [0.4, 0.5) is 26.0 Å². The number of nitriles is 1. The number of nitrogens with one attached hydrogen (secondary N) is 2. The maximum atomic E-state index is 14.1. The summed E-state index contributed by atoms with van der Waals surface area (Å²) in [6, 6.07) is 4.12. The summed E-state index contributed by atoms with van der Waals surface area (Å²) in [5.74, 6) is 2.74. The van der Waals surface area contributed by atoms with Gasteiger partial charge in [0.1, 0.15) is 28.3 Å². The molecule has 4 atom stereocenters. The molecule has 1 spiro atoms. The second-order valence-corrected chi connectivity index (χ2v) is 15.7. The quantitative estimate of drug-likeness (QED) is 0.280. The van der Waals surface area contributed by atoms with E-state index in [4.69, 9.17) is 25.4 Å². The summed E-state index contributed by atoms with van der Waals surface area (Å²) in [5.41, 5.74) is 10.2. The molecule has 5 aliphatic rings. The Labute approximate surface area is 293 Å². The zero-order valence-electron chi connectivity index (χ0n) is 28.0.